The van der Waals surface area contributed by atoms with Crippen LogP contribution < -0.4 is 4.74 Å². The number of hydrogen-bond donors (Lipinski definition) is 0. The minimum Gasteiger partial charge on any atom is -0.489 e. The molecule has 0 saturated carbocycles. The Hall–Kier alpha value is -2.33. The number of rotatable bonds is 6. The maximum absolute atomic E-state index is 11.7. The van der Waals surface area contributed by atoms with Crippen LogP contribution in [0.5, 0.6) is 5.75 Å². The van der Waals surface area contributed by atoms with E-state index in [1.165, 1.54) is 0 Å². The molecule has 2 atom stereocenters. The van der Waals surface area contributed by atoms with Gasteiger partial charge in [0.05, 0.1) is 6.61 Å². The molecule has 1 fully saturated rings. The Balaban J connectivity index is 1.61. The number of esters is 1. The molecule has 0 amide bonds. The molecule has 0 N–H and O–H groups in total. The molecule has 0 radical (unpaired) electrons. The van der Waals surface area contributed by atoms with E-state index in [2.05, 4.69) is 0 Å². The number of ether oxygens (including phenoxy) is 3. The van der Waals surface area contributed by atoms with Crippen LogP contribution in [0.4, 0.5) is 0 Å². The second-order valence-electron chi connectivity index (χ2n) is 5.66. The maximum atomic E-state index is 11.7. The molecule has 4 nitrogen and oxygen atoms in total. The van der Waals surface area contributed by atoms with Crippen molar-refractivity contribution < 1.29 is 19.0 Å². The van der Waals surface area contributed by atoms with Crippen molar-refractivity contribution in [3.05, 3.63) is 65.7 Å². The maximum Gasteiger partial charge on any atom is 0.338 e. The van der Waals surface area contributed by atoms with E-state index in [0.29, 0.717) is 13.2 Å². The summed E-state index contributed by atoms with van der Waals surface area (Å²) in [6.07, 6.45) is -0.515. The molecule has 120 valence electrons. The second-order valence-corrected chi connectivity index (χ2v) is 5.66. The summed E-state index contributed by atoms with van der Waals surface area (Å²) in [6.45, 7) is 4.57. The molecule has 0 aliphatic carbocycles. The lowest BCUT2D eigenvalue weighted by molar-refractivity contribution is -0.144. The first-order valence-electron chi connectivity index (χ1n) is 7.75. The normalized spacial score (nSPS) is 22.4. The molecule has 2 aromatic carbocycles. The summed E-state index contributed by atoms with van der Waals surface area (Å²) in [5.74, 6) is 0.481. The Bertz CT molecular complexity index is 666. The van der Waals surface area contributed by atoms with E-state index in [-0.39, 0.29) is 5.97 Å². The number of carbonyl (C=O) groups is 1. The summed E-state index contributed by atoms with van der Waals surface area (Å²) in [4.78, 5) is 11.7. The van der Waals surface area contributed by atoms with Gasteiger partial charge in [0.25, 0.3) is 0 Å². The largest absolute Gasteiger partial charge is 0.489 e. The zero-order valence-electron chi connectivity index (χ0n) is 13.3. The number of hydrogen-bond acceptors (Lipinski definition) is 4. The summed E-state index contributed by atoms with van der Waals surface area (Å²) < 4.78 is 16.3. The van der Waals surface area contributed by atoms with Crippen molar-refractivity contribution in [2.75, 3.05) is 6.61 Å². The van der Waals surface area contributed by atoms with Gasteiger partial charge in [0.15, 0.2) is 6.10 Å². The van der Waals surface area contributed by atoms with Crippen LogP contribution >= 0.6 is 0 Å². The molecule has 1 aliphatic heterocycles. The van der Waals surface area contributed by atoms with Crippen molar-refractivity contribution in [3.8, 4) is 5.75 Å². The predicted octanol–water partition coefficient (Wildman–Crippen LogP) is 3.44. The molecule has 3 rings (SSSR count). The average molecular weight is 312 g/mol. The molecular weight excluding hydrogens is 292 g/mol. The highest BCUT2D eigenvalue weighted by Gasteiger charge is 2.59. The van der Waals surface area contributed by atoms with E-state index in [4.69, 9.17) is 14.2 Å². The second kappa shape index (κ2) is 6.42. The minimum absolute atomic E-state index is 0.306. The van der Waals surface area contributed by atoms with Crippen LogP contribution in [-0.4, -0.2) is 18.7 Å². The lowest BCUT2D eigenvalue weighted by Gasteiger charge is -2.10. The molecule has 0 bridgehead atoms. The Kier molecular flexibility index (Phi) is 4.35. The third-order valence-corrected chi connectivity index (χ3v) is 3.98. The van der Waals surface area contributed by atoms with Crippen LogP contribution in [0.2, 0.25) is 0 Å². The van der Waals surface area contributed by atoms with Gasteiger partial charge in [0, 0.05) is 0 Å². The van der Waals surface area contributed by atoms with Gasteiger partial charge < -0.3 is 14.2 Å². The molecule has 0 spiro atoms. The van der Waals surface area contributed by atoms with Crippen molar-refractivity contribution in [1.82, 2.24) is 0 Å². The predicted molar refractivity (Wildman–Crippen MR) is 86.1 cm³/mol. The molecule has 23 heavy (non-hydrogen) atoms. The first kappa shape index (κ1) is 15.6. The fourth-order valence-electron chi connectivity index (χ4n) is 2.54. The smallest absolute Gasteiger partial charge is 0.338 e. The van der Waals surface area contributed by atoms with Crippen molar-refractivity contribution in [3.63, 3.8) is 0 Å². The Morgan fingerprint density at radius 2 is 1.83 bits per heavy atom. The van der Waals surface area contributed by atoms with Gasteiger partial charge in [-0.1, -0.05) is 42.5 Å². The summed E-state index contributed by atoms with van der Waals surface area (Å²) in [5, 5.41) is 0. The molecule has 2 unspecified atom stereocenters. The molecule has 1 aliphatic rings. The SMILES string of the molecule is CCOC(=O)C1OC1(C)c1ccc(OCc2ccccc2)cc1. The summed E-state index contributed by atoms with van der Waals surface area (Å²) >= 11 is 0. The first-order chi connectivity index (χ1) is 11.1. The summed E-state index contributed by atoms with van der Waals surface area (Å²) in [7, 11) is 0. The average Bonchev–Trinajstić information content (AvgIpc) is 3.28. The number of benzene rings is 2. The molecule has 0 aromatic heterocycles. The van der Waals surface area contributed by atoms with Crippen LogP contribution in [0.15, 0.2) is 54.6 Å². The highest BCUT2D eigenvalue weighted by atomic mass is 16.7. The van der Waals surface area contributed by atoms with Crippen LogP contribution in [0.1, 0.15) is 25.0 Å². The third-order valence-electron chi connectivity index (χ3n) is 3.98. The topological polar surface area (TPSA) is 48.1 Å². The highest BCUT2D eigenvalue weighted by Crippen LogP contribution is 2.46. The zero-order chi connectivity index (χ0) is 16.3. The van der Waals surface area contributed by atoms with E-state index < -0.39 is 11.7 Å². The van der Waals surface area contributed by atoms with Crippen LogP contribution in [-0.2, 0) is 26.5 Å². The van der Waals surface area contributed by atoms with Crippen LogP contribution in [0, 0.1) is 0 Å². The minimum atomic E-state index is -0.593. The van der Waals surface area contributed by atoms with E-state index >= 15 is 0 Å². The summed E-state index contributed by atoms with van der Waals surface area (Å²) in [6, 6.07) is 17.7. The van der Waals surface area contributed by atoms with Crippen molar-refractivity contribution >= 4 is 5.97 Å². The Morgan fingerprint density at radius 1 is 1.13 bits per heavy atom. The Labute approximate surface area is 136 Å². The molecule has 1 saturated heterocycles. The van der Waals surface area contributed by atoms with Gasteiger partial charge in [0.2, 0.25) is 0 Å². The number of carbonyl (C=O) groups excluding carboxylic acids is 1. The molecule has 1 heterocycles. The lowest BCUT2D eigenvalue weighted by atomic mass is 9.97. The van der Waals surface area contributed by atoms with Crippen LogP contribution in [0.25, 0.3) is 0 Å². The van der Waals surface area contributed by atoms with Gasteiger partial charge in [-0.2, -0.15) is 0 Å². The fraction of sp³-hybridized carbons (Fsp3) is 0.316. The Morgan fingerprint density at radius 3 is 2.48 bits per heavy atom. The van der Waals surface area contributed by atoms with E-state index in [1.807, 2.05) is 61.5 Å². The third kappa shape index (κ3) is 3.37. The van der Waals surface area contributed by atoms with Crippen molar-refractivity contribution in [2.45, 2.75) is 32.2 Å². The first-order valence-corrected chi connectivity index (χ1v) is 7.75. The van der Waals surface area contributed by atoms with Crippen LogP contribution in [0.3, 0.4) is 0 Å². The van der Waals surface area contributed by atoms with Crippen molar-refractivity contribution in [2.24, 2.45) is 0 Å². The van der Waals surface area contributed by atoms with Gasteiger partial charge in [-0.25, -0.2) is 4.79 Å². The van der Waals surface area contributed by atoms with E-state index in [9.17, 15) is 4.79 Å². The quantitative estimate of drug-likeness (QED) is 0.605. The van der Waals surface area contributed by atoms with Gasteiger partial charge in [0.1, 0.15) is 18.0 Å². The summed E-state index contributed by atoms with van der Waals surface area (Å²) in [5.41, 5.74) is 1.48. The van der Waals surface area contributed by atoms with E-state index in [0.717, 1.165) is 16.9 Å². The zero-order valence-corrected chi connectivity index (χ0v) is 13.3. The lowest BCUT2D eigenvalue weighted by Crippen LogP contribution is -2.18. The molecule has 2 aromatic rings. The van der Waals surface area contributed by atoms with E-state index in [1.54, 1.807) is 6.92 Å². The van der Waals surface area contributed by atoms with Gasteiger partial charge in [-0.15, -0.1) is 0 Å². The standard InChI is InChI=1S/C19H20O4/c1-3-21-18(20)17-19(2,23-17)15-9-11-16(12-10-15)22-13-14-7-5-4-6-8-14/h4-12,17H,3,13H2,1-2H3. The fourth-order valence-corrected chi connectivity index (χ4v) is 2.54. The van der Waals surface area contributed by atoms with Gasteiger partial charge in [-0.3, -0.25) is 0 Å². The van der Waals surface area contributed by atoms with Crippen molar-refractivity contribution in [1.29, 1.82) is 0 Å². The molecular formula is C19H20O4. The monoisotopic (exact) mass is 312 g/mol. The number of epoxide rings is 1. The highest BCUT2D eigenvalue weighted by molar-refractivity contribution is 5.79. The molecule has 4 heteroatoms. The van der Waals surface area contributed by atoms with Gasteiger partial charge >= 0.3 is 5.97 Å². The van der Waals surface area contributed by atoms with Gasteiger partial charge in [-0.05, 0) is 37.1 Å².